The number of carbonyl (C=O) groups is 1. The van der Waals surface area contributed by atoms with Crippen LogP contribution < -0.4 is 5.73 Å². The van der Waals surface area contributed by atoms with E-state index in [1.54, 1.807) is 11.0 Å². The van der Waals surface area contributed by atoms with Crippen LogP contribution in [0, 0.1) is 16.0 Å². The minimum atomic E-state index is -0.565. The lowest BCUT2D eigenvalue weighted by molar-refractivity contribution is -0.383. The van der Waals surface area contributed by atoms with Gasteiger partial charge in [0.2, 0.25) is 0 Å². The molecule has 1 atom stereocenters. The first-order chi connectivity index (χ1) is 8.99. The molecule has 2 N–H and O–H groups in total. The molecule has 1 aliphatic heterocycles. The van der Waals surface area contributed by atoms with Gasteiger partial charge in [-0.15, -0.1) is 0 Å². The molecule has 0 radical (unpaired) electrons. The number of nitro groups is 1. The van der Waals surface area contributed by atoms with Crippen LogP contribution in [0.3, 0.4) is 0 Å². The number of amides is 1. The fraction of sp³-hybridized carbons (Fsp3) is 0.462. The molecule has 102 valence electrons. The molecule has 0 unspecified atom stereocenters. The summed E-state index contributed by atoms with van der Waals surface area (Å²) < 4.78 is 0. The average molecular weight is 263 g/mol. The number of nitrogens with two attached hydrogens (primary N) is 1. The standard InChI is InChI=1S/C13H17N3O3/c1-9-3-2-6-15(8-9)13(17)10-4-5-11(14)12(7-10)16(18)19/h4-5,7,9H,2-3,6,8,14H2,1H3/t9-/m0/s1. The van der Waals surface area contributed by atoms with Crippen LogP contribution in [-0.4, -0.2) is 28.8 Å². The molecule has 6 nitrogen and oxygen atoms in total. The number of nitrogens with zero attached hydrogens (tertiary/aromatic N) is 2. The zero-order valence-corrected chi connectivity index (χ0v) is 10.8. The Balaban J connectivity index is 2.24. The predicted octanol–water partition coefficient (Wildman–Crippen LogP) is 2.05. The van der Waals surface area contributed by atoms with Gasteiger partial charge in [-0.3, -0.25) is 14.9 Å². The van der Waals surface area contributed by atoms with E-state index < -0.39 is 4.92 Å². The second kappa shape index (κ2) is 5.26. The van der Waals surface area contributed by atoms with E-state index in [0.717, 1.165) is 12.8 Å². The van der Waals surface area contributed by atoms with E-state index in [1.165, 1.54) is 12.1 Å². The molecule has 1 aromatic carbocycles. The zero-order valence-electron chi connectivity index (χ0n) is 10.8. The Morgan fingerprint density at radius 3 is 2.89 bits per heavy atom. The Morgan fingerprint density at radius 2 is 2.26 bits per heavy atom. The summed E-state index contributed by atoms with van der Waals surface area (Å²) in [7, 11) is 0. The molecule has 2 rings (SSSR count). The van der Waals surface area contributed by atoms with Gasteiger partial charge in [-0.1, -0.05) is 6.92 Å². The van der Waals surface area contributed by atoms with Gasteiger partial charge in [0.25, 0.3) is 11.6 Å². The first-order valence-electron chi connectivity index (χ1n) is 6.32. The first-order valence-corrected chi connectivity index (χ1v) is 6.32. The van der Waals surface area contributed by atoms with Crippen molar-refractivity contribution in [2.24, 2.45) is 5.92 Å². The number of nitrogen functional groups attached to an aromatic ring is 1. The Hall–Kier alpha value is -2.11. The number of benzene rings is 1. The Morgan fingerprint density at radius 1 is 1.53 bits per heavy atom. The molecule has 0 spiro atoms. The maximum absolute atomic E-state index is 12.3. The van der Waals surface area contributed by atoms with Gasteiger partial charge in [0.15, 0.2) is 0 Å². The SMILES string of the molecule is C[C@H]1CCCN(C(=O)c2ccc(N)c([N+](=O)[O-])c2)C1. The molecule has 1 amide bonds. The molecule has 1 heterocycles. The molecule has 0 aliphatic carbocycles. The second-order valence-corrected chi connectivity index (χ2v) is 5.03. The van der Waals surface area contributed by atoms with Gasteiger partial charge in [-0.2, -0.15) is 0 Å². The summed E-state index contributed by atoms with van der Waals surface area (Å²) in [4.78, 5) is 24.3. The fourth-order valence-corrected chi connectivity index (χ4v) is 2.39. The summed E-state index contributed by atoms with van der Waals surface area (Å²) in [6.07, 6.45) is 2.09. The third kappa shape index (κ3) is 2.83. The van der Waals surface area contributed by atoms with Crippen LogP contribution in [0.2, 0.25) is 0 Å². The van der Waals surface area contributed by atoms with Crippen molar-refractivity contribution in [3.8, 4) is 0 Å². The predicted molar refractivity (Wildman–Crippen MR) is 71.8 cm³/mol. The third-order valence-corrected chi connectivity index (χ3v) is 3.42. The maximum Gasteiger partial charge on any atom is 0.292 e. The van der Waals surface area contributed by atoms with Crippen LogP contribution >= 0.6 is 0 Å². The van der Waals surface area contributed by atoms with E-state index in [0.29, 0.717) is 24.6 Å². The molecule has 1 fully saturated rings. The number of rotatable bonds is 2. The van der Waals surface area contributed by atoms with Crippen LogP contribution in [0.25, 0.3) is 0 Å². The third-order valence-electron chi connectivity index (χ3n) is 3.42. The zero-order chi connectivity index (χ0) is 14.0. The highest BCUT2D eigenvalue weighted by atomic mass is 16.6. The normalized spacial score (nSPS) is 19.2. The van der Waals surface area contributed by atoms with Crippen molar-refractivity contribution < 1.29 is 9.72 Å². The van der Waals surface area contributed by atoms with Crippen LogP contribution in [-0.2, 0) is 0 Å². The van der Waals surface area contributed by atoms with Gasteiger partial charge in [-0.25, -0.2) is 0 Å². The molecule has 0 aromatic heterocycles. The Bertz CT molecular complexity index is 516. The smallest absolute Gasteiger partial charge is 0.292 e. The quantitative estimate of drug-likeness (QED) is 0.502. The summed E-state index contributed by atoms with van der Waals surface area (Å²) in [5, 5.41) is 10.8. The molecule has 1 saturated heterocycles. The molecule has 6 heteroatoms. The van der Waals surface area contributed by atoms with Gasteiger partial charge in [-0.05, 0) is 30.9 Å². The lowest BCUT2D eigenvalue weighted by Crippen LogP contribution is -2.39. The highest BCUT2D eigenvalue weighted by molar-refractivity contribution is 5.95. The maximum atomic E-state index is 12.3. The van der Waals surface area contributed by atoms with Gasteiger partial charge in [0.1, 0.15) is 5.69 Å². The number of carbonyl (C=O) groups excluding carboxylic acids is 1. The Kier molecular flexibility index (Phi) is 3.69. The Labute approximate surface area is 111 Å². The van der Waals surface area contributed by atoms with Gasteiger partial charge in [0, 0.05) is 24.7 Å². The summed E-state index contributed by atoms with van der Waals surface area (Å²) in [5.74, 6) is 0.316. The van der Waals surface area contributed by atoms with E-state index in [4.69, 9.17) is 5.73 Å². The number of likely N-dealkylation sites (tertiary alicyclic amines) is 1. The van der Waals surface area contributed by atoms with Crippen molar-refractivity contribution in [1.82, 2.24) is 4.90 Å². The van der Waals surface area contributed by atoms with Crippen molar-refractivity contribution in [1.29, 1.82) is 0 Å². The van der Waals surface area contributed by atoms with Crippen molar-refractivity contribution in [3.63, 3.8) is 0 Å². The van der Waals surface area contributed by atoms with Crippen LogP contribution in [0.4, 0.5) is 11.4 Å². The number of hydrogen-bond donors (Lipinski definition) is 1. The lowest BCUT2D eigenvalue weighted by Gasteiger charge is -2.31. The molecule has 19 heavy (non-hydrogen) atoms. The van der Waals surface area contributed by atoms with Crippen LogP contribution in [0.5, 0.6) is 0 Å². The summed E-state index contributed by atoms with van der Waals surface area (Å²) in [6, 6.07) is 4.22. The number of piperidine rings is 1. The van der Waals surface area contributed by atoms with Gasteiger partial charge < -0.3 is 10.6 Å². The summed E-state index contributed by atoms with van der Waals surface area (Å²) >= 11 is 0. The second-order valence-electron chi connectivity index (χ2n) is 5.03. The summed E-state index contributed by atoms with van der Waals surface area (Å²) in [5.41, 5.74) is 5.72. The molecule has 1 aliphatic rings. The molecule has 1 aromatic rings. The molecular formula is C13H17N3O3. The van der Waals surface area contributed by atoms with E-state index in [1.807, 2.05) is 0 Å². The largest absolute Gasteiger partial charge is 0.393 e. The van der Waals surface area contributed by atoms with E-state index in [2.05, 4.69) is 6.92 Å². The summed E-state index contributed by atoms with van der Waals surface area (Å²) in [6.45, 7) is 3.52. The van der Waals surface area contributed by atoms with Crippen molar-refractivity contribution in [3.05, 3.63) is 33.9 Å². The first kappa shape index (κ1) is 13.3. The fourth-order valence-electron chi connectivity index (χ4n) is 2.39. The highest BCUT2D eigenvalue weighted by Gasteiger charge is 2.24. The van der Waals surface area contributed by atoms with E-state index in [-0.39, 0.29) is 17.3 Å². The molecular weight excluding hydrogens is 246 g/mol. The van der Waals surface area contributed by atoms with Crippen molar-refractivity contribution in [2.75, 3.05) is 18.8 Å². The number of anilines is 1. The highest BCUT2D eigenvalue weighted by Crippen LogP contribution is 2.24. The minimum Gasteiger partial charge on any atom is -0.393 e. The van der Waals surface area contributed by atoms with Crippen molar-refractivity contribution in [2.45, 2.75) is 19.8 Å². The minimum absolute atomic E-state index is 0.0774. The van der Waals surface area contributed by atoms with Crippen LogP contribution in [0.1, 0.15) is 30.1 Å². The average Bonchev–Trinajstić information content (AvgIpc) is 2.38. The molecule has 0 saturated carbocycles. The topological polar surface area (TPSA) is 89.5 Å². The van der Waals surface area contributed by atoms with E-state index in [9.17, 15) is 14.9 Å². The monoisotopic (exact) mass is 263 g/mol. The number of hydrogen-bond acceptors (Lipinski definition) is 4. The lowest BCUT2D eigenvalue weighted by atomic mass is 9.99. The van der Waals surface area contributed by atoms with Crippen LogP contribution in [0.15, 0.2) is 18.2 Å². The number of nitro benzene ring substituents is 1. The van der Waals surface area contributed by atoms with Gasteiger partial charge in [0.05, 0.1) is 4.92 Å². The van der Waals surface area contributed by atoms with Gasteiger partial charge >= 0.3 is 0 Å². The molecule has 0 bridgehead atoms. The van der Waals surface area contributed by atoms with Crippen molar-refractivity contribution >= 4 is 17.3 Å². The van der Waals surface area contributed by atoms with E-state index >= 15 is 0 Å².